The molecule has 1 aromatic carbocycles. The fourth-order valence-corrected chi connectivity index (χ4v) is 1.70. The molecule has 1 N–H and O–H groups in total. The minimum absolute atomic E-state index is 0.157. The van der Waals surface area contributed by atoms with Crippen LogP contribution in [0.5, 0.6) is 0 Å². The van der Waals surface area contributed by atoms with Crippen LogP contribution >= 0.6 is 0 Å². The zero-order valence-electron chi connectivity index (χ0n) is 8.23. The lowest BCUT2D eigenvalue weighted by Gasteiger charge is -2.21. The molecule has 1 aliphatic rings. The van der Waals surface area contributed by atoms with Crippen molar-refractivity contribution in [3.8, 4) is 0 Å². The van der Waals surface area contributed by atoms with E-state index in [-0.39, 0.29) is 12.1 Å². The predicted octanol–water partition coefficient (Wildman–Crippen LogP) is 1.68. The molecule has 1 aliphatic heterocycles. The van der Waals surface area contributed by atoms with E-state index < -0.39 is 0 Å². The van der Waals surface area contributed by atoms with E-state index in [1.165, 1.54) is 0 Å². The lowest BCUT2D eigenvalue weighted by Crippen LogP contribution is -2.34. The number of nitrogens with one attached hydrogen (secondary N) is 1. The molecule has 1 aromatic rings. The Labute approximate surface area is 83.7 Å². The largest absolute Gasteiger partial charge is 0.365 e. The first kappa shape index (κ1) is 9.06. The van der Waals surface area contributed by atoms with Gasteiger partial charge in [-0.3, -0.25) is 4.79 Å². The molecule has 1 atom stereocenters. The van der Waals surface area contributed by atoms with Gasteiger partial charge in [-0.05, 0) is 18.6 Å². The third-order valence-electron chi connectivity index (χ3n) is 2.60. The van der Waals surface area contributed by atoms with E-state index in [0.29, 0.717) is 6.42 Å². The highest BCUT2D eigenvalue weighted by Gasteiger charge is 2.26. The first-order valence-electron chi connectivity index (χ1n) is 4.84. The van der Waals surface area contributed by atoms with Crippen molar-refractivity contribution in [2.75, 3.05) is 12.4 Å². The van der Waals surface area contributed by atoms with Crippen LogP contribution in [-0.4, -0.2) is 24.0 Å². The van der Waals surface area contributed by atoms with Crippen molar-refractivity contribution in [2.24, 2.45) is 0 Å². The van der Waals surface area contributed by atoms with Crippen molar-refractivity contribution in [3.63, 3.8) is 0 Å². The van der Waals surface area contributed by atoms with Crippen LogP contribution in [-0.2, 0) is 4.79 Å². The van der Waals surface area contributed by atoms with E-state index in [4.69, 9.17) is 0 Å². The van der Waals surface area contributed by atoms with Gasteiger partial charge in [0.05, 0.1) is 0 Å². The molecule has 1 heterocycles. The number of carbonyl (C=O) groups excluding carboxylic acids is 1. The number of anilines is 1. The number of benzene rings is 1. The van der Waals surface area contributed by atoms with Crippen LogP contribution in [0.1, 0.15) is 12.8 Å². The van der Waals surface area contributed by atoms with E-state index in [9.17, 15) is 4.79 Å². The van der Waals surface area contributed by atoms with Gasteiger partial charge in [0.2, 0.25) is 5.91 Å². The molecule has 3 heteroatoms. The molecule has 1 fully saturated rings. The molecular weight excluding hydrogens is 176 g/mol. The van der Waals surface area contributed by atoms with E-state index >= 15 is 0 Å². The highest BCUT2D eigenvalue weighted by Crippen LogP contribution is 2.18. The molecule has 0 aromatic heterocycles. The molecule has 1 amide bonds. The lowest BCUT2D eigenvalue weighted by molar-refractivity contribution is -0.127. The second-order valence-electron chi connectivity index (χ2n) is 3.57. The summed E-state index contributed by atoms with van der Waals surface area (Å²) in [4.78, 5) is 13.0. The molecule has 74 valence electrons. The molecule has 0 aliphatic carbocycles. The maximum Gasteiger partial charge on any atom is 0.224 e. The molecule has 1 saturated heterocycles. The van der Waals surface area contributed by atoms with Crippen LogP contribution in [0.2, 0.25) is 0 Å². The predicted molar refractivity (Wildman–Crippen MR) is 55.9 cm³/mol. The molecule has 2 rings (SSSR count). The van der Waals surface area contributed by atoms with Gasteiger partial charge in [-0.25, -0.2) is 0 Å². The van der Waals surface area contributed by atoms with Crippen molar-refractivity contribution < 1.29 is 4.79 Å². The number of likely N-dealkylation sites (tertiary alicyclic amines) is 1. The van der Waals surface area contributed by atoms with Crippen molar-refractivity contribution >= 4 is 11.6 Å². The van der Waals surface area contributed by atoms with Crippen LogP contribution in [0.3, 0.4) is 0 Å². The normalized spacial score (nSPS) is 21.4. The number of hydrogen-bond acceptors (Lipinski definition) is 2. The Morgan fingerprint density at radius 1 is 1.36 bits per heavy atom. The SMILES string of the molecule is CN1C(=O)CCC1Nc1ccccc1. The smallest absolute Gasteiger partial charge is 0.224 e. The molecule has 3 nitrogen and oxygen atoms in total. The molecule has 0 saturated carbocycles. The van der Waals surface area contributed by atoms with Crippen molar-refractivity contribution in [1.82, 2.24) is 4.90 Å². The molecular formula is C11H14N2O. The van der Waals surface area contributed by atoms with E-state index in [1.54, 1.807) is 4.90 Å². The van der Waals surface area contributed by atoms with E-state index in [0.717, 1.165) is 12.1 Å². The van der Waals surface area contributed by atoms with Gasteiger partial charge < -0.3 is 10.2 Å². The number of hydrogen-bond donors (Lipinski definition) is 1. The van der Waals surface area contributed by atoms with Crippen LogP contribution in [0.4, 0.5) is 5.69 Å². The number of rotatable bonds is 2. The Kier molecular flexibility index (Phi) is 2.39. The first-order valence-corrected chi connectivity index (χ1v) is 4.84. The third-order valence-corrected chi connectivity index (χ3v) is 2.60. The zero-order chi connectivity index (χ0) is 9.97. The Bertz CT molecular complexity index is 323. The van der Waals surface area contributed by atoms with Gasteiger partial charge in [0.25, 0.3) is 0 Å². The highest BCUT2D eigenvalue weighted by atomic mass is 16.2. The van der Waals surface area contributed by atoms with E-state index in [1.807, 2.05) is 37.4 Å². The summed E-state index contributed by atoms with van der Waals surface area (Å²) in [5, 5.41) is 3.33. The summed E-state index contributed by atoms with van der Waals surface area (Å²) in [5.74, 6) is 0.221. The lowest BCUT2D eigenvalue weighted by atomic mass is 10.3. The monoisotopic (exact) mass is 190 g/mol. The van der Waals surface area contributed by atoms with Crippen molar-refractivity contribution in [2.45, 2.75) is 19.0 Å². The van der Waals surface area contributed by atoms with Crippen LogP contribution in [0.15, 0.2) is 30.3 Å². The Morgan fingerprint density at radius 3 is 2.64 bits per heavy atom. The Balaban J connectivity index is 2.02. The average Bonchev–Trinajstić information content (AvgIpc) is 2.52. The van der Waals surface area contributed by atoms with Gasteiger partial charge in [0.15, 0.2) is 0 Å². The number of carbonyl (C=O) groups is 1. The zero-order valence-corrected chi connectivity index (χ0v) is 8.23. The number of amides is 1. The van der Waals surface area contributed by atoms with Crippen LogP contribution < -0.4 is 5.32 Å². The minimum atomic E-state index is 0.157. The van der Waals surface area contributed by atoms with Crippen LogP contribution in [0.25, 0.3) is 0 Å². The van der Waals surface area contributed by atoms with Gasteiger partial charge in [-0.1, -0.05) is 18.2 Å². The molecule has 0 spiro atoms. The maximum atomic E-state index is 11.3. The molecule has 0 bridgehead atoms. The second kappa shape index (κ2) is 3.70. The van der Waals surface area contributed by atoms with Crippen molar-refractivity contribution in [3.05, 3.63) is 30.3 Å². The first-order chi connectivity index (χ1) is 6.77. The fourth-order valence-electron chi connectivity index (χ4n) is 1.70. The van der Waals surface area contributed by atoms with Crippen LogP contribution in [0, 0.1) is 0 Å². The van der Waals surface area contributed by atoms with Gasteiger partial charge in [0, 0.05) is 19.2 Å². The third kappa shape index (κ3) is 1.71. The summed E-state index contributed by atoms with van der Waals surface area (Å²) in [6.45, 7) is 0. The fraction of sp³-hybridized carbons (Fsp3) is 0.364. The minimum Gasteiger partial charge on any atom is -0.365 e. The summed E-state index contributed by atoms with van der Waals surface area (Å²) < 4.78 is 0. The number of para-hydroxylation sites is 1. The van der Waals surface area contributed by atoms with Crippen molar-refractivity contribution in [1.29, 1.82) is 0 Å². The van der Waals surface area contributed by atoms with Gasteiger partial charge >= 0.3 is 0 Å². The average molecular weight is 190 g/mol. The van der Waals surface area contributed by atoms with Gasteiger partial charge in [0.1, 0.15) is 6.17 Å². The molecule has 0 radical (unpaired) electrons. The summed E-state index contributed by atoms with van der Waals surface area (Å²) in [6.07, 6.45) is 1.70. The van der Waals surface area contributed by atoms with E-state index in [2.05, 4.69) is 5.32 Å². The maximum absolute atomic E-state index is 11.3. The standard InChI is InChI=1S/C11H14N2O/c1-13-10(7-8-11(13)14)12-9-5-3-2-4-6-9/h2-6,10,12H,7-8H2,1H3. The summed E-state index contributed by atoms with van der Waals surface area (Å²) >= 11 is 0. The van der Waals surface area contributed by atoms with Gasteiger partial charge in [-0.15, -0.1) is 0 Å². The summed E-state index contributed by atoms with van der Waals surface area (Å²) in [5.41, 5.74) is 1.07. The Morgan fingerprint density at radius 2 is 2.07 bits per heavy atom. The molecule has 1 unspecified atom stereocenters. The Hall–Kier alpha value is -1.51. The number of nitrogens with zero attached hydrogens (tertiary/aromatic N) is 1. The highest BCUT2D eigenvalue weighted by molar-refractivity contribution is 5.78. The quantitative estimate of drug-likeness (QED) is 0.769. The summed E-state index contributed by atoms with van der Waals surface area (Å²) in [7, 11) is 1.84. The summed E-state index contributed by atoms with van der Waals surface area (Å²) in [6, 6.07) is 9.97. The molecule has 14 heavy (non-hydrogen) atoms. The topological polar surface area (TPSA) is 32.3 Å². The second-order valence-corrected chi connectivity index (χ2v) is 3.57. The van der Waals surface area contributed by atoms with Gasteiger partial charge in [-0.2, -0.15) is 0 Å².